The van der Waals surface area contributed by atoms with Crippen molar-refractivity contribution in [2.24, 2.45) is 4.99 Å². The highest BCUT2D eigenvalue weighted by atomic mass is 32.1. The lowest BCUT2D eigenvalue weighted by molar-refractivity contribution is 0.0680. The van der Waals surface area contributed by atoms with Gasteiger partial charge in [0, 0.05) is 30.2 Å². The fraction of sp³-hybridized carbons (Fsp3) is 0.333. The van der Waals surface area contributed by atoms with Crippen molar-refractivity contribution in [2.75, 3.05) is 36.9 Å². The Morgan fingerprint density at radius 1 is 1.11 bits per heavy atom. The molecule has 27 heavy (non-hydrogen) atoms. The maximum absolute atomic E-state index is 13.1. The highest BCUT2D eigenvalue weighted by Crippen LogP contribution is 2.10. The van der Waals surface area contributed by atoms with Crippen molar-refractivity contribution in [2.45, 2.75) is 13.8 Å². The molecule has 0 atom stereocenters. The summed E-state index contributed by atoms with van der Waals surface area (Å²) in [6.07, 6.45) is 0. The Morgan fingerprint density at radius 2 is 1.74 bits per heavy atom. The van der Waals surface area contributed by atoms with Crippen LogP contribution in [0, 0.1) is 19.7 Å². The van der Waals surface area contributed by atoms with E-state index in [-0.39, 0.29) is 10.9 Å². The summed E-state index contributed by atoms with van der Waals surface area (Å²) in [6, 6.07) is 7.83. The van der Waals surface area contributed by atoms with Crippen LogP contribution in [0.3, 0.4) is 0 Å². The normalized spacial score (nSPS) is 14.8. The number of nitrogens with one attached hydrogen (secondary N) is 2. The Hall–Kier alpha value is -2.65. The summed E-state index contributed by atoms with van der Waals surface area (Å²) < 4.78 is 18.5. The molecule has 2 heterocycles. The molecule has 3 rings (SSSR count). The lowest BCUT2D eigenvalue weighted by Gasteiger charge is -2.29. The van der Waals surface area contributed by atoms with Crippen LogP contribution in [0.25, 0.3) is 0 Å². The lowest BCUT2D eigenvalue weighted by atomic mass is 10.3. The number of morpholine rings is 1. The van der Waals surface area contributed by atoms with Gasteiger partial charge in [0.2, 0.25) is 17.0 Å². The smallest absolute Gasteiger partial charge is 0.229 e. The molecule has 0 aliphatic carbocycles. The standard InChI is InChI=1S/C18H21FN6OS/c1-12-11-13(2)21-16(20-12)23-17(25-7-9-26-10-8-25)24-18(27)22-15-5-3-14(19)4-6-15/h3-6,11H,7-10H2,1-2H3,(H2,20,21,22,23,24,27). The van der Waals surface area contributed by atoms with Crippen molar-refractivity contribution in [3.05, 3.63) is 47.5 Å². The van der Waals surface area contributed by atoms with E-state index >= 15 is 0 Å². The van der Waals surface area contributed by atoms with Crippen LogP contribution in [0.1, 0.15) is 11.4 Å². The molecule has 2 N–H and O–H groups in total. The molecular weight excluding hydrogens is 367 g/mol. The number of nitrogens with zero attached hydrogens (tertiary/aromatic N) is 4. The summed E-state index contributed by atoms with van der Waals surface area (Å²) in [6.45, 7) is 6.38. The molecule has 0 amide bonds. The Labute approximate surface area is 162 Å². The maximum Gasteiger partial charge on any atom is 0.229 e. The number of anilines is 2. The molecule has 1 aliphatic heterocycles. The monoisotopic (exact) mass is 388 g/mol. The number of aryl methyl sites for hydroxylation is 2. The average Bonchev–Trinajstić information content (AvgIpc) is 2.63. The minimum Gasteiger partial charge on any atom is -0.378 e. The number of guanidine groups is 1. The van der Waals surface area contributed by atoms with Crippen molar-refractivity contribution >= 4 is 34.9 Å². The summed E-state index contributed by atoms with van der Waals surface area (Å²) >= 11 is 5.35. The first kappa shape index (κ1) is 19.1. The summed E-state index contributed by atoms with van der Waals surface area (Å²) in [5.74, 6) is 0.697. The minimum absolute atomic E-state index is 0.250. The number of ether oxygens (including phenoxy) is 1. The van der Waals surface area contributed by atoms with Crippen LogP contribution in [0.2, 0.25) is 0 Å². The summed E-state index contributed by atoms with van der Waals surface area (Å²) in [4.78, 5) is 15.3. The average molecular weight is 388 g/mol. The molecule has 7 nitrogen and oxygen atoms in total. The van der Waals surface area contributed by atoms with Crippen LogP contribution in [0.15, 0.2) is 35.3 Å². The van der Waals surface area contributed by atoms with E-state index in [9.17, 15) is 4.39 Å². The van der Waals surface area contributed by atoms with Crippen molar-refractivity contribution in [1.82, 2.24) is 14.9 Å². The number of thiocarbonyl (C=S) groups is 1. The third-order valence-electron chi connectivity index (χ3n) is 3.82. The Morgan fingerprint density at radius 3 is 2.37 bits per heavy atom. The van der Waals surface area contributed by atoms with Crippen molar-refractivity contribution < 1.29 is 9.13 Å². The summed E-state index contributed by atoms with van der Waals surface area (Å²) in [5.41, 5.74) is 2.38. The summed E-state index contributed by atoms with van der Waals surface area (Å²) in [5, 5.41) is 6.40. The molecule has 9 heteroatoms. The van der Waals surface area contributed by atoms with E-state index in [1.165, 1.54) is 12.1 Å². The predicted octanol–water partition coefficient (Wildman–Crippen LogP) is 2.73. The third kappa shape index (κ3) is 5.66. The quantitative estimate of drug-likeness (QED) is 0.465. The Bertz CT molecular complexity index is 816. The van der Waals surface area contributed by atoms with Crippen molar-refractivity contribution in [3.63, 3.8) is 0 Å². The van der Waals surface area contributed by atoms with Gasteiger partial charge in [0.1, 0.15) is 5.82 Å². The fourth-order valence-corrected chi connectivity index (χ4v) is 2.82. The summed E-state index contributed by atoms with van der Waals surface area (Å²) in [7, 11) is 0. The minimum atomic E-state index is -0.308. The zero-order valence-corrected chi connectivity index (χ0v) is 16.0. The highest BCUT2D eigenvalue weighted by Gasteiger charge is 2.17. The first-order chi connectivity index (χ1) is 13.0. The first-order valence-electron chi connectivity index (χ1n) is 8.57. The van der Waals surface area contributed by atoms with Crippen molar-refractivity contribution in [1.29, 1.82) is 0 Å². The molecule has 1 saturated heterocycles. The van der Waals surface area contributed by atoms with Crippen LogP contribution < -0.4 is 10.6 Å². The molecule has 1 aromatic carbocycles. The molecule has 0 saturated carbocycles. The van der Waals surface area contributed by atoms with Crippen LogP contribution >= 0.6 is 12.2 Å². The second kappa shape index (κ2) is 8.83. The Balaban J connectivity index is 1.80. The van der Waals surface area contributed by atoms with E-state index < -0.39 is 0 Å². The fourth-order valence-electron chi connectivity index (χ4n) is 2.62. The molecule has 0 spiro atoms. The largest absolute Gasteiger partial charge is 0.378 e. The van der Waals surface area contributed by atoms with Gasteiger partial charge >= 0.3 is 0 Å². The zero-order valence-electron chi connectivity index (χ0n) is 15.2. The number of aliphatic imine (C=N–C) groups is 1. The van der Waals surface area contributed by atoms with Crippen molar-refractivity contribution in [3.8, 4) is 0 Å². The molecule has 0 radical (unpaired) electrons. The highest BCUT2D eigenvalue weighted by molar-refractivity contribution is 7.80. The topological polar surface area (TPSA) is 74.7 Å². The van der Waals surface area contributed by atoms with E-state index in [0.29, 0.717) is 43.9 Å². The van der Waals surface area contributed by atoms with Gasteiger partial charge in [-0.2, -0.15) is 4.99 Å². The lowest BCUT2D eigenvalue weighted by Crippen LogP contribution is -2.45. The number of aromatic nitrogens is 2. The van der Waals surface area contributed by atoms with E-state index in [1.807, 2.05) is 24.8 Å². The van der Waals surface area contributed by atoms with Gasteiger partial charge in [-0.1, -0.05) is 0 Å². The van der Waals surface area contributed by atoms with E-state index in [4.69, 9.17) is 17.0 Å². The van der Waals surface area contributed by atoms with Gasteiger partial charge in [-0.05, 0) is 56.4 Å². The van der Waals surface area contributed by atoms with Crippen LogP contribution in [-0.2, 0) is 4.74 Å². The predicted molar refractivity (Wildman–Crippen MR) is 108 cm³/mol. The van der Waals surface area contributed by atoms with Crippen LogP contribution in [-0.4, -0.2) is 52.2 Å². The zero-order chi connectivity index (χ0) is 19.2. The number of hydrogen-bond donors (Lipinski definition) is 2. The maximum atomic E-state index is 13.1. The number of rotatable bonds is 2. The first-order valence-corrected chi connectivity index (χ1v) is 8.98. The molecule has 0 unspecified atom stereocenters. The molecule has 142 valence electrons. The van der Waals surface area contributed by atoms with Gasteiger partial charge in [-0.15, -0.1) is 0 Å². The Kier molecular flexibility index (Phi) is 6.25. The number of hydrogen-bond acceptors (Lipinski definition) is 4. The van der Waals surface area contributed by atoms with Gasteiger partial charge in [-0.3, -0.25) is 5.32 Å². The van der Waals surface area contributed by atoms with Crippen LogP contribution in [0.4, 0.5) is 16.0 Å². The molecule has 1 aliphatic rings. The van der Waals surface area contributed by atoms with Crippen LogP contribution in [0.5, 0.6) is 0 Å². The molecular formula is C18H21FN6OS. The number of benzene rings is 1. The van der Waals surface area contributed by atoms with Gasteiger partial charge in [0.15, 0.2) is 0 Å². The van der Waals surface area contributed by atoms with E-state index in [1.54, 1.807) is 12.1 Å². The van der Waals surface area contributed by atoms with Gasteiger partial charge in [0.05, 0.1) is 13.2 Å². The van der Waals surface area contributed by atoms with Gasteiger partial charge < -0.3 is 15.0 Å². The van der Waals surface area contributed by atoms with E-state index in [0.717, 1.165) is 11.4 Å². The second-order valence-corrected chi connectivity index (χ2v) is 6.46. The third-order valence-corrected chi connectivity index (χ3v) is 4.01. The molecule has 2 aromatic rings. The number of halogens is 1. The second-order valence-electron chi connectivity index (χ2n) is 6.07. The SMILES string of the molecule is Cc1cc(C)nc(N/C(=N/C(=S)Nc2ccc(F)cc2)N2CCOCC2)n1. The van der Waals surface area contributed by atoms with Gasteiger partial charge in [0.25, 0.3) is 0 Å². The van der Waals surface area contributed by atoms with Gasteiger partial charge in [-0.25, -0.2) is 14.4 Å². The molecule has 1 fully saturated rings. The molecule has 0 bridgehead atoms. The molecule has 1 aromatic heterocycles. The van der Waals surface area contributed by atoms with E-state index in [2.05, 4.69) is 25.6 Å².